The average molecular weight is 339 g/mol. The third-order valence-electron chi connectivity index (χ3n) is 2.83. The normalized spacial score (nSPS) is 11.5. The number of aromatic carboxylic acids is 1. The first-order valence-electron chi connectivity index (χ1n) is 6.75. The van der Waals surface area contributed by atoms with Crippen LogP contribution in [0.15, 0.2) is 35.5 Å². The van der Waals surface area contributed by atoms with E-state index in [1.54, 1.807) is 20.9 Å². The van der Waals surface area contributed by atoms with Crippen LogP contribution in [0.4, 0.5) is 5.69 Å². The molecule has 2 aromatic rings. The summed E-state index contributed by atoms with van der Waals surface area (Å²) in [6, 6.07) is 4.23. The molecule has 2 N–H and O–H groups in total. The molecule has 0 aliphatic carbocycles. The highest BCUT2D eigenvalue weighted by molar-refractivity contribution is 7.92. The van der Waals surface area contributed by atoms with Crippen molar-refractivity contribution in [3.63, 3.8) is 0 Å². The van der Waals surface area contributed by atoms with Gasteiger partial charge in [-0.1, -0.05) is 6.07 Å². The molecule has 0 aliphatic rings. The summed E-state index contributed by atoms with van der Waals surface area (Å²) in [7, 11) is -2.30. The highest BCUT2D eigenvalue weighted by Crippen LogP contribution is 2.31. The van der Waals surface area contributed by atoms with E-state index in [4.69, 9.17) is 4.74 Å². The molecule has 8 nitrogen and oxygen atoms in total. The molecule has 0 saturated heterocycles. The number of carboxylic acids is 1. The van der Waals surface area contributed by atoms with Gasteiger partial charge in [0.25, 0.3) is 10.0 Å². The van der Waals surface area contributed by atoms with Gasteiger partial charge < -0.3 is 9.84 Å². The number of carboxylic acid groups (broad SMARTS) is 1. The maximum Gasteiger partial charge on any atom is 0.339 e. The van der Waals surface area contributed by atoms with Gasteiger partial charge in [0.05, 0.1) is 18.0 Å². The molecule has 0 aliphatic heterocycles. The quantitative estimate of drug-likeness (QED) is 0.829. The van der Waals surface area contributed by atoms with Gasteiger partial charge in [0, 0.05) is 13.2 Å². The minimum Gasteiger partial charge on any atom is -0.488 e. The third kappa shape index (κ3) is 3.81. The molecule has 0 amide bonds. The Morgan fingerprint density at radius 1 is 1.39 bits per heavy atom. The summed E-state index contributed by atoms with van der Waals surface area (Å²) in [6.07, 6.45) is 2.22. The molecule has 1 aromatic heterocycles. The molecular formula is C14H17N3O5S. The van der Waals surface area contributed by atoms with Crippen LogP contribution >= 0.6 is 0 Å². The van der Waals surface area contributed by atoms with Gasteiger partial charge in [-0.3, -0.25) is 9.40 Å². The number of nitrogens with zero attached hydrogens (tertiary/aromatic N) is 2. The molecule has 0 bridgehead atoms. The van der Waals surface area contributed by atoms with Crippen LogP contribution in [0.2, 0.25) is 0 Å². The Balaban J connectivity index is 2.47. The number of hydrogen-bond donors (Lipinski definition) is 2. The number of rotatable bonds is 6. The highest BCUT2D eigenvalue weighted by atomic mass is 32.2. The number of carbonyl (C=O) groups is 1. The number of ether oxygens (including phenoxy) is 1. The Kier molecular flexibility index (Phi) is 4.60. The van der Waals surface area contributed by atoms with E-state index in [0.717, 1.165) is 0 Å². The Bertz CT molecular complexity index is 827. The molecule has 2 rings (SSSR count). The van der Waals surface area contributed by atoms with Crippen molar-refractivity contribution in [3.05, 3.63) is 36.2 Å². The van der Waals surface area contributed by atoms with E-state index in [-0.39, 0.29) is 28.0 Å². The van der Waals surface area contributed by atoms with Crippen molar-refractivity contribution >= 4 is 21.7 Å². The number of para-hydroxylation sites is 1. The Morgan fingerprint density at radius 3 is 2.61 bits per heavy atom. The summed E-state index contributed by atoms with van der Waals surface area (Å²) in [5.41, 5.74) is -0.0625. The van der Waals surface area contributed by atoms with Crippen LogP contribution in [0.25, 0.3) is 0 Å². The second kappa shape index (κ2) is 6.29. The van der Waals surface area contributed by atoms with Crippen LogP contribution in [0.5, 0.6) is 5.75 Å². The molecule has 9 heteroatoms. The maximum atomic E-state index is 12.4. The summed E-state index contributed by atoms with van der Waals surface area (Å²) in [6.45, 7) is 3.44. The van der Waals surface area contributed by atoms with Gasteiger partial charge in [-0.15, -0.1) is 0 Å². The van der Waals surface area contributed by atoms with E-state index in [0.29, 0.717) is 0 Å². The van der Waals surface area contributed by atoms with Gasteiger partial charge >= 0.3 is 5.97 Å². The second-order valence-corrected chi connectivity index (χ2v) is 6.79. The van der Waals surface area contributed by atoms with Crippen LogP contribution in [0.3, 0.4) is 0 Å². The monoisotopic (exact) mass is 339 g/mol. The highest BCUT2D eigenvalue weighted by Gasteiger charge is 2.22. The molecule has 0 unspecified atom stereocenters. The van der Waals surface area contributed by atoms with Crippen molar-refractivity contribution in [2.75, 3.05) is 4.72 Å². The van der Waals surface area contributed by atoms with E-state index in [1.807, 2.05) is 0 Å². The molecule has 0 spiro atoms. The number of aryl methyl sites for hydroxylation is 1. The minimum absolute atomic E-state index is 0.0255. The summed E-state index contributed by atoms with van der Waals surface area (Å²) in [5.74, 6) is -1.23. The van der Waals surface area contributed by atoms with Crippen molar-refractivity contribution in [1.29, 1.82) is 0 Å². The van der Waals surface area contributed by atoms with Gasteiger partial charge in [0.1, 0.15) is 10.5 Å². The molecular weight excluding hydrogens is 322 g/mol. The summed E-state index contributed by atoms with van der Waals surface area (Å²) in [4.78, 5) is 11.3. The summed E-state index contributed by atoms with van der Waals surface area (Å²) < 4.78 is 33.9. The van der Waals surface area contributed by atoms with Crippen molar-refractivity contribution in [2.24, 2.45) is 7.05 Å². The average Bonchev–Trinajstić information content (AvgIpc) is 2.87. The van der Waals surface area contributed by atoms with E-state index >= 15 is 0 Å². The van der Waals surface area contributed by atoms with E-state index in [9.17, 15) is 18.3 Å². The van der Waals surface area contributed by atoms with Crippen molar-refractivity contribution < 1.29 is 23.1 Å². The molecule has 0 atom stereocenters. The lowest BCUT2D eigenvalue weighted by atomic mass is 10.1. The lowest BCUT2D eigenvalue weighted by Crippen LogP contribution is -2.16. The smallest absolute Gasteiger partial charge is 0.339 e. The molecule has 1 aromatic carbocycles. The number of hydrogen-bond acceptors (Lipinski definition) is 5. The molecule has 124 valence electrons. The Morgan fingerprint density at radius 2 is 2.09 bits per heavy atom. The zero-order chi connectivity index (χ0) is 17.2. The molecule has 1 heterocycles. The van der Waals surface area contributed by atoms with E-state index < -0.39 is 16.0 Å². The Labute approximate surface area is 133 Å². The number of benzene rings is 1. The van der Waals surface area contributed by atoms with Gasteiger partial charge in [-0.25, -0.2) is 13.2 Å². The standard InChI is InChI=1S/C14H17N3O5S/c1-9(2)22-13-11(14(18)19)5-4-6-12(13)16-23(20,21)10-7-15-17(3)8-10/h4-9,16H,1-3H3,(H,18,19). The van der Waals surface area contributed by atoms with Gasteiger partial charge in [0.2, 0.25) is 0 Å². The second-order valence-electron chi connectivity index (χ2n) is 5.11. The number of sulfonamides is 1. The SMILES string of the molecule is CC(C)Oc1c(NS(=O)(=O)c2cnn(C)c2)cccc1C(=O)O. The summed E-state index contributed by atoms with van der Waals surface area (Å²) in [5, 5.41) is 13.1. The fourth-order valence-corrected chi connectivity index (χ4v) is 2.94. The number of aromatic nitrogens is 2. The lowest BCUT2D eigenvalue weighted by Gasteiger charge is -2.17. The van der Waals surface area contributed by atoms with Gasteiger partial charge in [-0.2, -0.15) is 5.10 Å². The van der Waals surface area contributed by atoms with Crippen molar-refractivity contribution in [3.8, 4) is 5.75 Å². The minimum atomic E-state index is -3.90. The van der Waals surface area contributed by atoms with Crippen LogP contribution in [0, 0.1) is 0 Å². The fraction of sp³-hybridized carbons (Fsp3) is 0.286. The number of anilines is 1. The van der Waals surface area contributed by atoms with Gasteiger partial charge in [-0.05, 0) is 26.0 Å². The first-order chi connectivity index (χ1) is 10.7. The zero-order valence-corrected chi connectivity index (χ0v) is 13.7. The summed E-state index contributed by atoms with van der Waals surface area (Å²) >= 11 is 0. The van der Waals surface area contributed by atoms with Crippen LogP contribution in [-0.2, 0) is 17.1 Å². The van der Waals surface area contributed by atoms with Crippen molar-refractivity contribution in [1.82, 2.24) is 9.78 Å². The van der Waals surface area contributed by atoms with E-state index in [2.05, 4.69) is 9.82 Å². The third-order valence-corrected chi connectivity index (χ3v) is 4.15. The molecule has 0 radical (unpaired) electrons. The predicted molar refractivity (Wildman–Crippen MR) is 83.2 cm³/mol. The van der Waals surface area contributed by atoms with Gasteiger partial charge in [0.15, 0.2) is 5.75 Å². The van der Waals surface area contributed by atoms with Crippen LogP contribution in [0.1, 0.15) is 24.2 Å². The van der Waals surface area contributed by atoms with Crippen LogP contribution < -0.4 is 9.46 Å². The molecule has 0 fully saturated rings. The zero-order valence-electron chi connectivity index (χ0n) is 12.8. The first-order valence-corrected chi connectivity index (χ1v) is 8.23. The largest absolute Gasteiger partial charge is 0.488 e. The molecule has 0 saturated carbocycles. The first kappa shape index (κ1) is 16.8. The number of nitrogens with one attached hydrogen (secondary N) is 1. The lowest BCUT2D eigenvalue weighted by molar-refractivity contribution is 0.0690. The maximum absolute atomic E-state index is 12.4. The Hall–Kier alpha value is -2.55. The predicted octanol–water partition coefficient (Wildman–Crippen LogP) is 1.71. The van der Waals surface area contributed by atoms with E-state index in [1.165, 1.54) is 35.3 Å². The fourth-order valence-electron chi connectivity index (χ4n) is 1.89. The molecule has 23 heavy (non-hydrogen) atoms. The van der Waals surface area contributed by atoms with Crippen molar-refractivity contribution in [2.45, 2.75) is 24.8 Å². The van der Waals surface area contributed by atoms with Crippen LogP contribution in [-0.4, -0.2) is 35.4 Å². The topological polar surface area (TPSA) is 111 Å².